The second-order valence-corrected chi connectivity index (χ2v) is 3.17. The molecule has 0 aliphatic rings. The first-order valence-corrected chi connectivity index (χ1v) is 4.59. The van der Waals surface area contributed by atoms with E-state index in [4.69, 9.17) is 4.74 Å². The highest BCUT2D eigenvalue weighted by atomic mass is 35.5. The van der Waals surface area contributed by atoms with Crippen LogP contribution >= 0.6 is 12.4 Å². The first kappa shape index (κ1) is 13.3. The molecule has 0 heterocycles. The van der Waals surface area contributed by atoms with Gasteiger partial charge in [0, 0.05) is 6.54 Å². The molecule has 2 nitrogen and oxygen atoms in total. The Bertz CT molecular complexity index is 256. The van der Waals surface area contributed by atoms with Crippen molar-refractivity contribution in [2.75, 3.05) is 20.2 Å². The van der Waals surface area contributed by atoms with Crippen molar-refractivity contribution in [1.29, 1.82) is 0 Å². The Balaban J connectivity index is 0.00000169. The summed E-state index contributed by atoms with van der Waals surface area (Å²) < 4.78 is 5.65. The van der Waals surface area contributed by atoms with Crippen LogP contribution in [0.3, 0.4) is 0 Å². The molecule has 0 atom stereocenters. The summed E-state index contributed by atoms with van der Waals surface area (Å²) >= 11 is 0. The predicted octanol–water partition coefficient (Wildman–Crippen LogP) is 2.32. The van der Waals surface area contributed by atoms with Gasteiger partial charge in [-0.3, -0.25) is 0 Å². The summed E-state index contributed by atoms with van der Waals surface area (Å²) in [6.45, 7) is 5.75. The average Bonchev–Trinajstić information content (AvgIpc) is 2.10. The van der Waals surface area contributed by atoms with Gasteiger partial charge in [-0.05, 0) is 32.0 Å². The van der Waals surface area contributed by atoms with Crippen molar-refractivity contribution in [3.63, 3.8) is 0 Å². The Morgan fingerprint density at radius 3 is 2.29 bits per heavy atom. The van der Waals surface area contributed by atoms with Gasteiger partial charge in [-0.15, -0.1) is 12.4 Å². The molecule has 1 N–H and O–H groups in total. The molecule has 0 saturated carbocycles. The van der Waals surface area contributed by atoms with Crippen LogP contribution < -0.4 is 10.1 Å². The second-order valence-electron chi connectivity index (χ2n) is 3.17. The number of halogens is 1. The van der Waals surface area contributed by atoms with E-state index >= 15 is 0 Å². The minimum atomic E-state index is 0. The lowest BCUT2D eigenvalue weighted by Crippen LogP contribution is -2.16. The van der Waals surface area contributed by atoms with E-state index in [0.717, 1.165) is 18.9 Å². The molecule has 1 aromatic carbocycles. The summed E-state index contributed by atoms with van der Waals surface area (Å²) in [7, 11) is 1.92. The van der Waals surface area contributed by atoms with Gasteiger partial charge < -0.3 is 10.1 Å². The fourth-order valence-electron chi connectivity index (χ4n) is 1.28. The summed E-state index contributed by atoms with van der Waals surface area (Å²) in [6.07, 6.45) is 0. The van der Waals surface area contributed by atoms with E-state index in [1.54, 1.807) is 0 Å². The molecule has 0 radical (unpaired) electrons. The Morgan fingerprint density at radius 1 is 1.21 bits per heavy atom. The Hall–Kier alpha value is -0.730. The standard InChI is InChI=1S/C11H17NO.ClH/c1-9-5-4-6-10(2)11(9)13-8-7-12-3;/h4-6,12H,7-8H2,1-3H3;1H. The number of hydrogen-bond acceptors (Lipinski definition) is 2. The quantitative estimate of drug-likeness (QED) is 0.779. The third-order valence-corrected chi connectivity index (χ3v) is 2.01. The lowest BCUT2D eigenvalue weighted by molar-refractivity contribution is 0.314. The van der Waals surface area contributed by atoms with Crippen LogP contribution in [0.5, 0.6) is 5.75 Å². The van der Waals surface area contributed by atoms with Crippen LogP contribution in [0.25, 0.3) is 0 Å². The fourth-order valence-corrected chi connectivity index (χ4v) is 1.28. The number of nitrogens with one attached hydrogen (secondary N) is 1. The molecule has 1 aromatic rings. The molecule has 0 aliphatic carbocycles. The molecular weight excluding hydrogens is 198 g/mol. The number of ether oxygens (including phenoxy) is 1. The molecule has 3 heteroatoms. The van der Waals surface area contributed by atoms with Gasteiger partial charge >= 0.3 is 0 Å². The van der Waals surface area contributed by atoms with Crippen LogP contribution in [0.15, 0.2) is 18.2 Å². The molecule has 0 aliphatic heterocycles. The van der Waals surface area contributed by atoms with Crippen LogP contribution in [-0.2, 0) is 0 Å². The molecule has 0 aromatic heterocycles. The minimum Gasteiger partial charge on any atom is -0.492 e. The number of rotatable bonds is 4. The molecule has 1 rings (SSSR count). The topological polar surface area (TPSA) is 21.3 Å². The summed E-state index contributed by atoms with van der Waals surface area (Å²) in [5.41, 5.74) is 2.41. The highest BCUT2D eigenvalue weighted by Crippen LogP contribution is 2.21. The molecule has 0 fully saturated rings. The first-order valence-electron chi connectivity index (χ1n) is 4.59. The Kier molecular flexibility index (Phi) is 6.34. The third-order valence-electron chi connectivity index (χ3n) is 2.01. The lowest BCUT2D eigenvalue weighted by Gasteiger charge is -2.11. The summed E-state index contributed by atoms with van der Waals surface area (Å²) in [6, 6.07) is 6.19. The van der Waals surface area contributed by atoms with Gasteiger partial charge in [0.1, 0.15) is 12.4 Å². The van der Waals surface area contributed by atoms with Crippen LogP contribution in [0.2, 0.25) is 0 Å². The normalized spacial score (nSPS) is 9.36. The summed E-state index contributed by atoms with van der Waals surface area (Å²) in [4.78, 5) is 0. The maximum Gasteiger partial charge on any atom is 0.125 e. The third kappa shape index (κ3) is 3.56. The fraction of sp³-hybridized carbons (Fsp3) is 0.455. The number of hydrogen-bond donors (Lipinski definition) is 1. The van der Waals surface area contributed by atoms with E-state index in [-0.39, 0.29) is 12.4 Å². The van der Waals surface area contributed by atoms with Gasteiger partial charge in [-0.2, -0.15) is 0 Å². The Labute approximate surface area is 92.1 Å². The number of benzene rings is 1. The van der Waals surface area contributed by atoms with E-state index in [9.17, 15) is 0 Å². The van der Waals surface area contributed by atoms with Crippen molar-refractivity contribution in [2.45, 2.75) is 13.8 Å². The van der Waals surface area contributed by atoms with Gasteiger partial charge in [0.15, 0.2) is 0 Å². The van der Waals surface area contributed by atoms with Crippen LogP contribution in [0.4, 0.5) is 0 Å². The molecule has 14 heavy (non-hydrogen) atoms. The van der Waals surface area contributed by atoms with E-state index in [1.165, 1.54) is 11.1 Å². The number of para-hydroxylation sites is 1. The molecule has 0 saturated heterocycles. The highest BCUT2D eigenvalue weighted by molar-refractivity contribution is 5.85. The van der Waals surface area contributed by atoms with Gasteiger partial charge in [0.25, 0.3) is 0 Å². The van der Waals surface area contributed by atoms with Crippen LogP contribution in [-0.4, -0.2) is 20.2 Å². The van der Waals surface area contributed by atoms with E-state index < -0.39 is 0 Å². The molecule has 0 spiro atoms. The van der Waals surface area contributed by atoms with Crippen molar-refractivity contribution in [1.82, 2.24) is 5.32 Å². The van der Waals surface area contributed by atoms with E-state index in [0.29, 0.717) is 0 Å². The predicted molar refractivity (Wildman–Crippen MR) is 62.6 cm³/mol. The van der Waals surface area contributed by atoms with Crippen molar-refractivity contribution in [2.24, 2.45) is 0 Å². The average molecular weight is 216 g/mol. The minimum absolute atomic E-state index is 0. The molecule has 80 valence electrons. The first-order chi connectivity index (χ1) is 6.25. The zero-order chi connectivity index (χ0) is 9.68. The molecule has 0 bridgehead atoms. The zero-order valence-corrected chi connectivity index (χ0v) is 9.78. The zero-order valence-electron chi connectivity index (χ0n) is 8.96. The monoisotopic (exact) mass is 215 g/mol. The number of aryl methyl sites for hydroxylation is 2. The molecular formula is C11H18ClNO. The van der Waals surface area contributed by atoms with Crippen molar-refractivity contribution in [3.05, 3.63) is 29.3 Å². The van der Waals surface area contributed by atoms with E-state index in [1.807, 2.05) is 7.05 Å². The van der Waals surface area contributed by atoms with Crippen molar-refractivity contribution in [3.8, 4) is 5.75 Å². The SMILES string of the molecule is CNCCOc1c(C)cccc1C.Cl. The van der Waals surface area contributed by atoms with Crippen molar-refractivity contribution < 1.29 is 4.74 Å². The van der Waals surface area contributed by atoms with Gasteiger partial charge in [0.05, 0.1) is 0 Å². The van der Waals surface area contributed by atoms with Gasteiger partial charge in [-0.25, -0.2) is 0 Å². The maximum atomic E-state index is 5.65. The lowest BCUT2D eigenvalue weighted by atomic mass is 10.1. The summed E-state index contributed by atoms with van der Waals surface area (Å²) in [5.74, 6) is 1.03. The van der Waals surface area contributed by atoms with Gasteiger partial charge in [-0.1, -0.05) is 18.2 Å². The largest absolute Gasteiger partial charge is 0.492 e. The molecule has 0 unspecified atom stereocenters. The smallest absolute Gasteiger partial charge is 0.125 e. The second kappa shape index (κ2) is 6.68. The van der Waals surface area contributed by atoms with Crippen molar-refractivity contribution >= 4 is 12.4 Å². The summed E-state index contributed by atoms with van der Waals surface area (Å²) in [5, 5.41) is 3.05. The molecule has 0 amide bonds. The van der Waals surface area contributed by atoms with Crippen LogP contribution in [0.1, 0.15) is 11.1 Å². The highest BCUT2D eigenvalue weighted by Gasteiger charge is 2.01. The Morgan fingerprint density at radius 2 is 1.79 bits per heavy atom. The number of likely N-dealkylation sites (N-methyl/N-ethyl adjacent to an activating group) is 1. The van der Waals surface area contributed by atoms with Gasteiger partial charge in [0.2, 0.25) is 0 Å². The van der Waals surface area contributed by atoms with Crippen LogP contribution in [0, 0.1) is 13.8 Å². The maximum absolute atomic E-state index is 5.65. The van der Waals surface area contributed by atoms with E-state index in [2.05, 4.69) is 37.4 Å².